The van der Waals surface area contributed by atoms with E-state index in [-0.39, 0.29) is 11.1 Å². The van der Waals surface area contributed by atoms with Crippen molar-refractivity contribution in [2.45, 2.75) is 25.8 Å². The zero-order chi connectivity index (χ0) is 15.1. The van der Waals surface area contributed by atoms with Crippen LogP contribution in [0.25, 0.3) is 0 Å². The molecule has 0 atom stereocenters. The lowest BCUT2D eigenvalue weighted by Crippen LogP contribution is -2.17. The van der Waals surface area contributed by atoms with Gasteiger partial charge in [-0.05, 0) is 37.5 Å². The maximum absolute atomic E-state index is 12.5. The van der Waals surface area contributed by atoms with Crippen molar-refractivity contribution in [2.24, 2.45) is 0 Å². The molecule has 0 spiro atoms. The van der Waals surface area contributed by atoms with Crippen LogP contribution in [0.3, 0.4) is 0 Å². The molecular formula is C14H12Cl3N3O. The number of pyridine rings is 1. The molecule has 1 saturated carbocycles. The Hall–Kier alpha value is -1.23. The Kier molecular flexibility index (Phi) is 3.86. The van der Waals surface area contributed by atoms with Crippen molar-refractivity contribution < 1.29 is 4.79 Å². The quantitative estimate of drug-likeness (QED) is 0.818. The molecule has 2 heterocycles. The maximum atomic E-state index is 12.5. The van der Waals surface area contributed by atoms with Gasteiger partial charge in [0.2, 0.25) is 0 Å². The molecule has 3 rings (SSSR count). The summed E-state index contributed by atoms with van der Waals surface area (Å²) in [7, 11) is 0. The molecule has 21 heavy (non-hydrogen) atoms. The molecule has 2 aromatic heterocycles. The minimum Gasteiger partial charge on any atom is -0.339 e. The van der Waals surface area contributed by atoms with Crippen molar-refractivity contribution in [3.8, 4) is 0 Å². The predicted octanol–water partition coefficient (Wildman–Crippen LogP) is 4.74. The number of halogens is 3. The van der Waals surface area contributed by atoms with E-state index in [0.29, 0.717) is 27.6 Å². The molecule has 1 aliphatic carbocycles. The van der Waals surface area contributed by atoms with Crippen molar-refractivity contribution >= 4 is 46.4 Å². The fraction of sp³-hybridized carbons (Fsp3) is 0.286. The van der Waals surface area contributed by atoms with Crippen LogP contribution in [0, 0.1) is 6.92 Å². The third kappa shape index (κ3) is 3.03. The van der Waals surface area contributed by atoms with Crippen LogP contribution in [0.15, 0.2) is 18.3 Å². The molecule has 1 aliphatic rings. The van der Waals surface area contributed by atoms with E-state index in [4.69, 9.17) is 34.8 Å². The number of carbonyl (C=O) groups is 1. The Morgan fingerprint density at radius 1 is 1.33 bits per heavy atom. The predicted molar refractivity (Wildman–Crippen MR) is 84.7 cm³/mol. The van der Waals surface area contributed by atoms with Crippen LogP contribution in [0.5, 0.6) is 0 Å². The zero-order valence-corrected chi connectivity index (χ0v) is 13.4. The van der Waals surface area contributed by atoms with E-state index in [1.165, 1.54) is 0 Å². The number of anilines is 1. The summed E-state index contributed by atoms with van der Waals surface area (Å²) < 4.78 is 1.91. The van der Waals surface area contributed by atoms with E-state index in [0.717, 1.165) is 18.4 Å². The van der Waals surface area contributed by atoms with Gasteiger partial charge in [-0.15, -0.1) is 0 Å². The lowest BCUT2D eigenvalue weighted by Gasteiger charge is -2.12. The summed E-state index contributed by atoms with van der Waals surface area (Å²) in [5, 5.41) is 3.79. The first-order valence-corrected chi connectivity index (χ1v) is 7.60. The van der Waals surface area contributed by atoms with Gasteiger partial charge < -0.3 is 9.88 Å². The molecule has 0 bridgehead atoms. The number of rotatable bonds is 3. The van der Waals surface area contributed by atoms with Gasteiger partial charge in [-0.2, -0.15) is 0 Å². The van der Waals surface area contributed by atoms with Crippen LogP contribution >= 0.6 is 34.8 Å². The second-order valence-electron chi connectivity index (χ2n) is 5.06. The first-order chi connectivity index (χ1) is 9.95. The van der Waals surface area contributed by atoms with Gasteiger partial charge in [0.25, 0.3) is 5.91 Å². The van der Waals surface area contributed by atoms with Crippen LogP contribution in [0.1, 0.15) is 34.9 Å². The van der Waals surface area contributed by atoms with Crippen molar-refractivity contribution in [2.75, 3.05) is 5.32 Å². The molecule has 2 aromatic rings. The fourth-order valence-corrected chi connectivity index (χ4v) is 2.99. The Labute approximate surface area is 137 Å². The molecule has 0 saturated heterocycles. The Morgan fingerprint density at radius 2 is 2.05 bits per heavy atom. The lowest BCUT2D eigenvalue weighted by atomic mass is 10.2. The topological polar surface area (TPSA) is 46.9 Å². The molecule has 0 radical (unpaired) electrons. The molecule has 110 valence electrons. The normalized spacial score (nSPS) is 14.3. The molecule has 4 nitrogen and oxygen atoms in total. The Morgan fingerprint density at radius 3 is 2.67 bits per heavy atom. The third-order valence-electron chi connectivity index (χ3n) is 3.37. The SMILES string of the molecule is Cc1cc(Cl)nc(Cl)c1NC(=O)c1cc(Cl)cn1C1CC1. The third-order valence-corrected chi connectivity index (χ3v) is 4.04. The van der Waals surface area contributed by atoms with Gasteiger partial charge in [0.1, 0.15) is 10.8 Å². The summed E-state index contributed by atoms with van der Waals surface area (Å²) in [5.74, 6) is -0.261. The zero-order valence-electron chi connectivity index (χ0n) is 11.2. The second-order valence-corrected chi connectivity index (χ2v) is 6.25. The van der Waals surface area contributed by atoms with E-state index >= 15 is 0 Å². The standard InChI is InChI=1S/C14H12Cl3N3O/c1-7-4-11(16)18-13(17)12(7)19-14(21)10-5-8(15)6-20(10)9-2-3-9/h4-6,9H,2-3H2,1H3,(H,19,21). The lowest BCUT2D eigenvalue weighted by molar-refractivity contribution is 0.101. The van der Waals surface area contributed by atoms with Crippen LogP contribution in [-0.2, 0) is 0 Å². The van der Waals surface area contributed by atoms with Crippen LogP contribution in [0.4, 0.5) is 5.69 Å². The van der Waals surface area contributed by atoms with Crippen molar-refractivity contribution in [3.05, 3.63) is 44.9 Å². The van der Waals surface area contributed by atoms with Crippen molar-refractivity contribution in [1.82, 2.24) is 9.55 Å². The number of nitrogens with zero attached hydrogens (tertiary/aromatic N) is 2. The number of amides is 1. The fourth-order valence-electron chi connectivity index (χ4n) is 2.21. The molecule has 1 amide bonds. The van der Waals surface area contributed by atoms with E-state index in [2.05, 4.69) is 10.3 Å². The first kappa shape index (κ1) is 14.7. The summed E-state index contributed by atoms with van der Waals surface area (Å²) in [5.41, 5.74) is 1.74. The largest absolute Gasteiger partial charge is 0.339 e. The number of aromatic nitrogens is 2. The summed E-state index contributed by atoms with van der Waals surface area (Å²) in [6.45, 7) is 1.81. The van der Waals surface area contributed by atoms with Gasteiger partial charge in [0.05, 0.1) is 10.7 Å². The van der Waals surface area contributed by atoms with Crippen LogP contribution < -0.4 is 5.32 Å². The number of hydrogen-bond donors (Lipinski definition) is 1. The Bertz CT molecular complexity index is 699. The molecule has 0 aromatic carbocycles. The summed E-state index contributed by atoms with van der Waals surface area (Å²) in [4.78, 5) is 16.4. The highest BCUT2D eigenvalue weighted by Crippen LogP contribution is 2.37. The summed E-state index contributed by atoms with van der Waals surface area (Å²) in [6, 6.07) is 3.66. The highest BCUT2D eigenvalue weighted by molar-refractivity contribution is 6.35. The van der Waals surface area contributed by atoms with E-state index in [1.54, 1.807) is 18.3 Å². The van der Waals surface area contributed by atoms with Gasteiger partial charge >= 0.3 is 0 Å². The molecule has 1 fully saturated rings. The van der Waals surface area contributed by atoms with Gasteiger partial charge in [0, 0.05) is 12.2 Å². The van der Waals surface area contributed by atoms with Crippen LogP contribution in [0.2, 0.25) is 15.3 Å². The van der Waals surface area contributed by atoms with Crippen molar-refractivity contribution in [3.63, 3.8) is 0 Å². The summed E-state index contributed by atoms with van der Waals surface area (Å²) >= 11 is 17.9. The number of nitrogens with one attached hydrogen (secondary N) is 1. The van der Waals surface area contributed by atoms with E-state index in [9.17, 15) is 4.79 Å². The highest BCUT2D eigenvalue weighted by Gasteiger charge is 2.28. The van der Waals surface area contributed by atoms with Gasteiger partial charge in [-0.25, -0.2) is 4.98 Å². The molecule has 0 aliphatic heterocycles. The smallest absolute Gasteiger partial charge is 0.272 e. The molecular weight excluding hydrogens is 333 g/mol. The number of carbonyl (C=O) groups excluding carboxylic acids is 1. The average molecular weight is 345 g/mol. The van der Waals surface area contributed by atoms with Gasteiger partial charge in [0.15, 0.2) is 5.15 Å². The highest BCUT2D eigenvalue weighted by atomic mass is 35.5. The maximum Gasteiger partial charge on any atom is 0.272 e. The number of aryl methyl sites for hydroxylation is 1. The minimum atomic E-state index is -0.261. The van der Waals surface area contributed by atoms with E-state index < -0.39 is 0 Å². The Balaban J connectivity index is 1.90. The number of hydrogen-bond acceptors (Lipinski definition) is 2. The molecule has 7 heteroatoms. The summed E-state index contributed by atoms with van der Waals surface area (Å²) in [6.07, 6.45) is 3.91. The average Bonchev–Trinajstić information content (AvgIpc) is 3.16. The first-order valence-electron chi connectivity index (χ1n) is 6.47. The van der Waals surface area contributed by atoms with Gasteiger partial charge in [-0.1, -0.05) is 34.8 Å². The van der Waals surface area contributed by atoms with Gasteiger partial charge in [-0.3, -0.25) is 4.79 Å². The monoisotopic (exact) mass is 343 g/mol. The van der Waals surface area contributed by atoms with E-state index in [1.807, 2.05) is 11.5 Å². The van der Waals surface area contributed by atoms with Crippen molar-refractivity contribution in [1.29, 1.82) is 0 Å². The minimum absolute atomic E-state index is 0.170. The van der Waals surface area contributed by atoms with Crippen LogP contribution in [-0.4, -0.2) is 15.5 Å². The molecule has 1 N–H and O–H groups in total. The molecule has 0 unspecified atom stereocenters. The second kappa shape index (κ2) is 5.52.